The van der Waals surface area contributed by atoms with Gasteiger partial charge in [-0.3, -0.25) is 9.59 Å². The Labute approximate surface area is 131 Å². The van der Waals surface area contributed by atoms with Crippen LogP contribution in [0.1, 0.15) is 38.2 Å². The van der Waals surface area contributed by atoms with Crippen LogP contribution >= 0.6 is 0 Å². The zero-order chi connectivity index (χ0) is 15.5. The van der Waals surface area contributed by atoms with E-state index < -0.39 is 0 Å². The predicted octanol–water partition coefficient (Wildman–Crippen LogP) is 2.84. The molecule has 1 aromatic carbocycles. The zero-order valence-corrected chi connectivity index (χ0v) is 13.2. The predicted molar refractivity (Wildman–Crippen MR) is 86.5 cm³/mol. The Morgan fingerprint density at radius 1 is 1.36 bits per heavy atom. The molecule has 4 nitrogen and oxygen atoms in total. The van der Waals surface area contributed by atoms with E-state index in [4.69, 9.17) is 0 Å². The maximum Gasteiger partial charge on any atom is 0.227 e. The third-order valence-corrected chi connectivity index (χ3v) is 4.83. The molecule has 22 heavy (non-hydrogen) atoms. The van der Waals surface area contributed by atoms with Crippen LogP contribution in [0.4, 0.5) is 5.69 Å². The molecule has 3 rings (SSSR count). The lowest BCUT2D eigenvalue weighted by Crippen LogP contribution is -2.39. The molecular weight excluding hydrogens is 276 g/mol. The van der Waals surface area contributed by atoms with Gasteiger partial charge in [0, 0.05) is 31.1 Å². The summed E-state index contributed by atoms with van der Waals surface area (Å²) in [5, 5.41) is 2.96. The fraction of sp³-hybridized carbons (Fsp3) is 0.556. The molecule has 1 fully saturated rings. The molecule has 0 radical (unpaired) electrons. The molecule has 4 heteroatoms. The number of hydrogen-bond donors (Lipinski definition) is 1. The smallest absolute Gasteiger partial charge is 0.227 e. The molecule has 2 atom stereocenters. The second-order valence-corrected chi connectivity index (χ2v) is 6.67. The summed E-state index contributed by atoms with van der Waals surface area (Å²) in [5.74, 6) is 0.778. The second kappa shape index (κ2) is 6.51. The highest BCUT2D eigenvalue weighted by Gasteiger charge is 2.27. The summed E-state index contributed by atoms with van der Waals surface area (Å²) in [6, 6.07) is 7.91. The maximum absolute atomic E-state index is 12.3. The van der Waals surface area contributed by atoms with E-state index in [1.165, 1.54) is 12.0 Å². The summed E-state index contributed by atoms with van der Waals surface area (Å²) < 4.78 is 0. The van der Waals surface area contributed by atoms with Gasteiger partial charge in [-0.25, -0.2) is 0 Å². The molecule has 2 aliphatic heterocycles. The van der Waals surface area contributed by atoms with Gasteiger partial charge in [0.05, 0.1) is 0 Å². The molecule has 118 valence electrons. The molecule has 2 heterocycles. The second-order valence-electron chi connectivity index (χ2n) is 6.67. The molecular formula is C18H24N2O2. The van der Waals surface area contributed by atoms with Crippen LogP contribution in [-0.4, -0.2) is 29.8 Å². The zero-order valence-electron chi connectivity index (χ0n) is 13.2. The Bertz CT molecular complexity index is 570. The summed E-state index contributed by atoms with van der Waals surface area (Å²) in [5.41, 5.74) is 2.09. The van der Waals surface area contributed by atoms with Crippen LogP contribution in [0, 0.1) is 11.8 Å². The normalized spacial score (nSPS) is 24.6. The number of fused-ring (bicyclic) bond motifs is 1. The summed E-state index contributed by atoms with van der Waals surface area (Å²) >= 11 is 0. The third kappa shape index (κ3) is 3.32. The van der Waals surface area contributed by atoms with Crippen LogP contribution < -0.4 is 5.32 Å². The average molecular weight is 300 g/mol. The Hall–Kier alpha value is -1.84. The largest absolute Gasteiger partial charge is 0.342 e. The number of rotatable bonds is 3. The number of piperidine rings is 1. The lowest BCUT2D eigenvalue weighted by atomic mass is 9.89. The first-order valence-electron chi connectivity index (χ1n) is 8.30. The number of nitrogens with zero attached hydrogens (tertiary/aromatic N) is 1. The van der Waals surface area contributed by atoms with Crippen molar-refractivity contribution in [3.63, 3.8) is 0 Å². The van der Waals surface area contributed by atoms with Crippen LogP contribution in [-0.2, 0) is 16.0 Å². The van der Waals surface area contributed by atoms with Crippen molar-refractivity contribution in [1.29, 1.82) is 0 Å². The van der Waals surface area contributed by atoms with Crippen LogP contribution in [0.3, 0.4) is 0 Å². The quantitative estimate of drug-likeness (QED) is 0.933. The van der Waals surface area contributed by atoms with Crippen molar-refractivity contribution >= 4 is 17.5 Å². The highest BCUT2D eigenvalue weighted by atomic mass is 16.2. The van der Waals surface area contributed by atoms with Gasteiger partial charge in [-0.1, -0.05) is 25.1 Å². The minimum Gasteiger partial charge on any atom is -0.342 e. The third-order valence-electron chi connectivity index (χ3n) is 4.83. The Morgan fingerprint density at radius 3 is 3.00 bits per heavy atom. The summed E-state index contributed by atoms with van der Waals surface area (Å²) in [6.07, 6.45) is 4.18. The summed E-state index contributed by atoms with van der Waals surface area (Å²) in [6.45, 7) is 3.95. The van der Waals surface area contributed by atoms with Gasteiger partial charge in [0.2, 0.25) is 11.8 Å². The molecule has 1 N–H and O–H groups in total. The molecule has 0 saturated carbocycles. The van der Waals surface area contributed by atoms with E-state index >= 15 is 0 Å². The van der Waals surface area contributed by atoms with Crippen molar-refractivity contribution in [2.75, 3.05) is 18.4 Å². The van der Waals surface area contributed by atoms with E-state index in [2.05, 4.69) is 18.3 Å². The molecule has 0 aromatic heterocycles. The number of para-hydroxylation sites is 1. The lowest BCUT2D eigenvalue weighted by molar-refractivity contribution is -0.133. The van der Waals surface area contributed by atoms with Crippen molar-refractivity contribution in [2.45, 2.75) is 39.0 Å². The van der Waals surface area contributed by atoms with E-state index in [1.807, 2.05) is 23.1 Å². The van der Waals surface area contributed by atoms with Crippen molar-refractivity contribution in [3.05, 3.63) is 29.8 Å². The van der Waals surface area contributed by atoms with Crippen LogP contribution in [0.2, 0.25) is 0 Å². The molecule has 2 unspecified atom stereocenters. The van der Waals surface area contributed by atoms with Gasteiger partial charge in [-0.15, -0.1) is 0 Å². The summed E-state index contributed by atoms with van der Waals surface area (Å²) in [7, 11) is 0. The Balaban J connectivity index is 1.55. The van der Waals surface area contributed by atoms with Gasteiger partial charge in [0.1, 0.15) is 0 Å². The van der Waals surface area contributed by atoms with Gasteiger partial charge in [-0.05, 0) is 43.2 Å². The maximum atomic E-state index is 12.3. The van der Waals surface area contributed by atoms with Gasteiger partial charge >= 0.3 is 0 Å². The van der Waals surface area contributed by atoms with Gasteiger partial charge in [-0.2, -0.15) is 0 Å². The first-order valence-corrected chi connectivity index (χ1v) is 8.30. The van der Waals surface area contributed by atoms with E-state index in [0.717, 1.165) is 31.6 Å². The first kappa shape index (κ1) is 15.1. The fourth-order valence-corrected chi connectivity index (χ4v) is 3.52. The molecule has 0 spiro atoms. The van der Waals surface area contributed by atoms with Gasteiger partial charge < -0.3 is 10.2 Å². The summed E-state index contributed by atoms with van der Waals surface area (Å²) in [4.78, 5) is 26.5. The van der Waals surface area contributed by atoms with Gasteiger partial charge in [0.25, 0.3) is 0 Å². The number of carbonyl (C=O) groups is 2. The molecule has 1 saturated heterocycles. The highest BCUT2D eigenvalue weighted by Crippen LogP contribution is 2.28. The molecule has 2 aliphatic rings. The van der Waals surface area contributed by atoms with Crippen molar-refractivity contribution < 1.29 is 9.59 Å². The minimum absolute atomic E-state index is 0.0542. The standard InChI is InChI=1S/C18H24N2O2/c1-13-5-4-10-20(12-13)17(21)9-8-15-11-14-6-2-3-7-16(14)19-18(15)22/h2-3,6-7,13,15H,4-5,8-12H2,1H3,(H,19,22). The molecule has 2 amide bonds. The monoisotopic (exact) mass is 300 g/mol. The van der Waals surface area contributed by atoms with Crippen LogP contribution in [0.25, 0.3) is 0 Å². The average Bonchev–Trinajstić information content (AvgIpc) is 2.52. The molecule has 0 aliphatic carbocycles. The van der Waals surface area contributed by atoms with Gasteiger partial charge in [0.15, 0.2) is 0 Å². The number of anilines is 1. The lowest BCUT2D eigenvalue weighted by Gasteiger charge is -2.31. The highest BCUT2D eigenvalue weighted by molar-refractivity contribution is 5.96. The number of likely N-dealkylation sites (tertiary alicyclic amines) is 1. The van der Waals surface area contributed by atoms with E-state index in [9.17, 15) is 9.59 Å². The number of hydrogen-bond acceptors (Lipinski definition) is 2. The Morgan fingerprint density at radius 2 is 2.18 bits per heavy atom. The fourth-order valence-electron chi connectivity index (χ4n) is 3.52. The van der Waals surface area contributed by atoms with E-state index in [1.54, 1.807) is 0 Å². The SMILES string of the molecule is CC1CCCN(C(=O)CCC2Cc3ccccc3NC2=O)C1. The van der Waals surface area contributed by atoms with Crippen LogP contribution in [0.15, 0.2) is 24.3 Å². The van der Waals surface area contributed by atoms with Crippen molar-refractivity contribution in [1.82, 2.24) is 4.90 Å². The number of carbonyl (C=O) groups excluding carboxylic acids is 2. The molecule has 1 aromatic rings. The number of amides is 2. The van der Waals surface area contributed by atoms with Crippen LogP contribution in [0.5, 0.6) is 0 Å². The topological polar surface area (TPSA) is 49.4 Å². The number of benzene rings is 1. The van der Waals surface area contributed by atoms with Crippen molar-refractivity contribution in [2.24, 2.45) is 11.8 Å². The number of nitrogens with one attached hydrogen (secondary N) is 1. The first-order chi connectivity index (χ1) is 10.6. The van der Waals surface area contributed by atoms with E-state index in [0.29, 0.717) is 18.8 Å². The van der Waals surface area contributed by atoms with Crippen molar-refractivity contribution in [3.8, 4) is 0 Å². The Kier molecular flexibility index (Phi) is 4.46. The minimum atomic E-state index is -0.0823. The van der Waals surface area contributed by atoms with E-state index in [-0.39, 0.29) is 17.7 Å². The molecule has 0 bridgehead atoms.